The number of hydrogen-bond acceptors (Lipinski definition) is 4. The second kappa shape index (κ2) is 5.23. The van der Waals surface area contributed by atoms with E-state index in [2.05, 4.69) is 0 Å². The van der Waals surface area contributed by atoms with Gasteiger partial charge in [-0.3, -0.25) is 0 Å². The predicted octanol–water partition coefficient (Wildman–Crippen LogP) is 2.82. The first kappa shape index (κ1) is 12.9. The fourth-order valence-corrected chi connectivity index (χ4v) is 2.17. The van der Waals surface area contributed by atoms with Crippen LogP contribution in [0.5, 0.6) is 0 Å². The SMILES string of the molecule is CC(C)Sc1ccc(N(C)[O-])cc1C(=O)O. The molecule has 1 aromatic rings. The lowest BCUT2D eigenvalue weighted by atomic mass is 10.2. The standard InChI is InChI=1S/C11H14NO3S/c1-7(2)16-10-5-4-8(12(3)15)6-9(10)11(13)14/h4-7H,1-3H3,(H,13,14)/q-1. The highest BCUT2D eigenvalue weighted by Crippen LogP contribution is 2.29. The van der Waals surface area contributed by atoms with E-state index in [1.807, 2.05) is 13.8 Å². The molecule has 0 aliphatic heterocycles. The number of carboxylic acids is 1. The van der Waals surface area contributed by atoms with Gasteiger partial charge in [0.25, 0.3) is 0 Å². The molecule has 16 heavy (non-hydrogen) atoms. The molecule has 0 unspecified atom stereocenters. The Kier molecular flexibility index (Phi) is 4.20. The largest absolute Gasteiger partial charge is 0.758 e. The van der Waals surface area contributed by atoms with E-state index in [0.29, 0.717) is 20.9 Å². The lowest BCUT2D eigenvalue weighted by Crippen LogP contribution is -2.08. The monoisotopic (exact) mass is 240 g/mol. The lowest BCUT2D eigenvalue weighted by Gasteiger charge is -2.25. The molecule has 0 amide bonds. The third-order valence-corrected chi connectivity index (χ3v) is 3.00. The molecule has 0 fully saturated rings. The van der Waals surface area contributed by atoms with Crippen molar-refractivity contribution in [2.75, 3.05) is 12.1 Å². The van der Waals surface area contributed by atoms with Crippen LogP contribution in [0.3, 0.4) is 0 Å². The van der Waals surface area contributed by atoms with Gasteiger partial charge >= 0.3 is 5.97 Å². The van der Waals surface area contributed by atoms with Crippen LogP contribution in [0.2, 0.25) is 0 Å². The second-order valence-electron chi connectivity index (χ2n) is 3.65. The Morgan fingerprint density at radius 3 is 2.56 bits per heavy atom. The highest BCUT2D eigenvalue weighted by molar-refractivity contribution is 8.00. The van der Waals surface area contributed by atoms with E-state index in [0.717, 1.165) is 0 Å². The number of thioether (sulfide) groups is 1. The first-order valence-electron chi connectivity index (χ1n) is 4.86. The molecular weight excluding hydrogens is 226 g/mol. The fraction of sp³-hybridized carbons (Fsp3) is 0.364. The van der Waals surface area contributed by atoms with Gasteiger partial charge in [0, 0.05) is 15.8 Å². The molecule has 88 valence electrons. The summed E-state index contributed by atoms with van der Waals surface area (Å²) >= 11 is 1.47. The van der Waals surface area contributed by atoms with E-state index < -0.39 is 5.97 Å². The highest BCUT2D eigenvalue weighted by Gasteiger charge is 2.12. The Morgan fingerprint density at radius 2 is 2.12 bits per heavy atom. The Bertz CT molecular complexity index is 391. The van der Waals surface area contributed by atoms with Gasteiger partial charge in [-0.2, -0.15) is 0 Å². The molecule has 0 spiro atoms. The van der Waals surface area contributed by atoms with Crippen molar-refractivity contribution < 1.29 is 9.90 Å². The maximum Gasteiger partial charge on any atom is 0.336 e. The van der Waals surface area contributed by atoms with Crippen molar-refractivity contribution in [3.63, 3.8) is 0 Å². The molecule has 0 aliphatic rings. The predicted molar refractivity (Wildman–Crippen MR) is 66.2 cm³/mol. The number of carboxylic acid groups (broad SMARTS) is 1. The third-order valence-electron chi connectivity index (χ3n) is 1.92. The average Bonchev–Trinajstić information content (AvgIpc) is 2.16. The van der Waals surface area contributed by atoms with Crippen molar-refractivity contribution in [2.24, 2.45) is 0 Å². The summed E-state index contributed by atoms with van der Waals surface area (Å²) in [5.41, 5.74) is 0.532. The number of anilines is 1. The van der Waals surface area contributed by atoms with Gasteiger partial charge in [0.15, 0.2) is 0 Å². The summed E-state index contributed by atoms with van der Waals surface area (Å²) in [6.07, 6.45) is 0. The van der Waals surface area contributed by atoms with Crippen molar-refractivity contribution in [1.29, 1.82) is 0 Å². The van der Waals surface area contributed by atoms with Crippen LogP contribution in [0.15, 0.2) is 23.1 Å². The summed E-state index contributed by atoms with van der Waals surface area (Å²) in [6, 6.07) is 4.71. The topological polar surface area (TPSA) is 63.6 Å². The van der Waals surface area contributed by atoms with E-state index in [4.69, 9.17) is 5.11 Å². The van der Waals surface area contributed by atoms with Crippen LogP contribution in [0, 0.1) is 5.21 Å². The zero-order valence-electron chi connectivity index (χ0n) is 9.43. The minimum Gasteiger partial charge on any atom is -0.758 e. The molecule has 1 N–H and O–H groups in total. The van der Waals surface area contributed by atoms with Gasteiger partial charge in [0.05, 0.1) is 5.56 Å². The molecule has 1 aromatic carbocycles. The van der Waals surface area contributed by atoms with Gasteiger partial charge in [-0.05, 0) is 25.2 Å². The van der Waals surface area contributed by atoms with Crippen LogP contribution >= 0.6 is 11.8 Å². The first-order valence-corrected chi connectivity index (χ1v) is 5.74. The minimum atomic E-state index is -1.01. The zero-order chi connectivity index (χ0) is 12.3. The molecule has 0 bridgehead atoms. The van der Waals surface area contributed by atoms with E-state index in [1.165, 1.54) is 24.9 Å². The van der Waals surface area contributed by atoms with E-state index in [9.17, 15) is 10.0 Å². The molecule has 0 heterocycles. The fourth-order valence-electron chi connectivity index (χ4n) is 1.24. The molecule has 4 nitrogen and oxygen atoms in total. The van der Waals surface area contributed by atoms with Crippen LogP contribution in [0.4, 0.5) is 5.69 Å². The number of benzene rings is 1. The van der Waals surface area contributed by atoms with Crippen molar-refractivity contribution in [3.05, 3.63) is 29.0 Å². The molecule has 5 heteroatoms. The number of nitrogens with zero attached hydrogens (tertiary/aromatic N) is 1. The molecule has 0 saturated heterocycles. The lowest BCUT2D eigenvalue weighted by molar-refractivity contribution is 0.0693. The van der Waals surface area contributed by atoms with Crippen molar-refractivity contribution in [3.8, 4) is 0 Å². The summed E-state index contributed by atoms with van der Waals surface area (Å²) < 4.78 is 0. The summed E-state index contributed by atoms with van der Waals surface area (Å²) in [5, 5.41) is 21.1. The van der Waals surface area contributed by atoms with E-state index >= 15 is 0 Å². The van der Waals surface area contributed by atoms with Gasteiger partial charge in [-0.25, -0.2) is 4.79 Å². The highest BCUT2D eigenvalue weighted by atomic mass is 32.2. The number of hydroxylamine groups is 1. The Morgan fingerprint density at radius 1 is 1.50 bits per heavy atom. The van der Waals surface area contributed by atoms with E-state index in [-0.39, 0.29) is 5.56 Å². The number of rotatable bonds is 4. The van der Waals surface area contributed by atoms with Crippen molar-refractivity contribution in [1.82, 2.24) is 0 Å². The van der Waals surface area contributed by atoms with Gasteiger partial charge in [0.1, 0.15) is 0 Å². The number of carbonyl (C=O) groups is 1. The van der Waals surface area contributed by atoms with Crippen molar-refractivity contribution in [2.45, 2.75) is 24.0 Å². The van der Waals surface area contributed by atoms with E-state index in [1.54, 1.807) is 12.1 Å². The molecule has 0 radical (unpaired) electrons. The molecule has 0 aromatic heterocycles. The first-order chi connectivity index (χ1) is 7.41. The van der Waals surface area contributed by atoms with Gasteiger partial charge in [-0.1, -0.05) is 13.8 Å². The Hall–Kier alpha value is -1.20. The van der Waals surface area contributed by atoms with Crippen LogP contribution in [0.25, 0.3) is 0 Å². The van der Waals surface area contributed by atoms with Crippen LogP contribution < -0.4 is 5.06 Å². The Balaban J connectivity index is 3.14. The third kappa shape index (κ3) is 3.15. The maximum absolute atomic E-state index is 11.1. The molecule has 0 aliphatic carbocycles. The van der Waals surface area contributed by atoms with Gasteiger partial charge < -0.3 is 15.4 Å². The van der Waals surface area contributed by atoms with Crippen molar-refractivity contribution >= 4 is 23.4 Å². The van der Waals surface area contributed by atoms with Crippen LogP contribution in [-0.2, 0) is 0 Å². The minimum absolute atomic E-state index is 0.180. The Labute approximate surface area is 98.8 Å². The smallest absolute Gasteiger partial charge is 0.336 e. The van der Waals surface area contributed by atoms with Gasteiger partial charge in [0.2, 0.25) is 0 Å². The summed E-state index contributed by atoms with van der Waals surface area (Å²) in [7, 11) is 1.34. The summed E-state index contributed by atoms with van der Waals surface area (Å²) in [5.74, 6) is -1.01. The number of aromatic carboxylic acids is 1. The quantitative estimate of drug-likeness (QED) is 0.647. The van der Waals surface area contributed by atoms with Crippen LogP contribution in [0.1, 0.15) is 24.2 Å². The molecule has 1 rings (SSSR count). The number of hydrogen-bond donors (Lipinski definition) is 1. The molecule has 0 atom stereocenters. The van der Waals surface area contributed by atoms with Crippen LogP contribution in [-0.4, -0.2) is 23.4 Å². The zero-order valence-corrected chi connectivity index (χ0v) is 10.2. The summed E-state index contributed by atoms with van der Waals surface area (Å²) in [6.45, 7) is 3.98. The maximum atomic E-state index is 11.1. The second-order valence-corrected chi connectivity index (χ2v) is 5.27. The average molecular weight is 240 g/mol. The summed E-state index contributed by atoms with van der Waals surface area (Å²) in [4.78, 5) is 11.7. The molecule has 0 saturated carbocycles. The normalized spacial score (nSPS) is 10.6. The van der Waals surface area contributed by atoms with Gasteiger partial charge in [-0.15, -0.1) is 11.8 Å². The molecular formula is C11H14NO3S-.